The monoisotopic (exact) mass is 350 g/mol. The molecule has 0 aromatic heterocycles. The van der Waals surface area contributed by atoms with E-state index in [-0.39, 0.29) is 5.97 Å². The molecule has 25 heavy (non-hydrogen) atoms. The summed E-state index contributed by atoms with van der Waals surface area (Å²) >= 11 is 0. The van der Waals surface area contributed by atoms with Crippen LogP contribution in [0, 0.1) is 5.92 Å². The lowest BCUT2D eigenvalue weighted by atomic mass is 10.1. The average Bonchev–Trinajstić information content (AvgIpc) is 3.41. The number of ether oxygens (including phenoxy) is 1. The molecule has 0 aliphatic heterocycles. The minimum absolute atomic E-state index is 0.0234. The normalized spacial score (nSPS) is 14.3. The minimum atomic E-state index is 0.0234. The zero-order valence-electron chi connectivity index (χ0n) is 16.8. The van der Waals surface area contributed by atoms with Crippen LogP contribution < -0.4 is 0 Å². The number of esters is 1. The second kappa shape index (κ2) is 16.7. The van der Waals surface area contributed by atoms with E-state index in [2.05, 4.69) is 19.1 Å². The van der Waals surface area contributed by atoms with Gasteiger partial charge in [-0.05, 0) is 50.9 Å². The predicted molar refractivity (Wildman–Crippen MR) is 108 cm³/mol. The third-order valence-electron chi connectivity index (χ3n) is 5.07. The molecule has 0 aromatic rings. The molecular weight excluding hydrogens is 308 g/mol. The number of hydrogen-bond acceptors (Lipinski definition) is 2. The lowest BCUT2D eigenvalue weighted by molar-refractivity contribution is -0.144. The van der Waals surface area contributed by atoms with Crippen molar-refractivity contribution in [2.24, 2.45) is 5.92 Å². The number of hydrogen-bond donors (Lipinski definition) is 0. The summed E-state index contributed by atoms with van der Waals surface area (Å²) in [5.41, 5.74) is 0. The number of carbonyl (C=O) groups excluding carboxylic acids is 1. The van der Waals surface area contributed by atoms with E-state index in [0.717, 1.165) is 6.42 Å². The van der Waals surface area contributed by atoms with E-state index in [1.807, 2.05) is 0 Å². The molecule has 1 saturated carbocycles. The van der Waals surface area contributed by atoms with Crippen LogP contribution in [0.2, 0.25) is 0 Å². The van der Waals surface area contributed by atoms with Gasteiger partial charge in [0.1, 0.15) is 0 Å². The molecule has 1 aliphatic rings. The van der Waals surface area contributed by atoms with E-state index in [0.29, 0.717) is 18.9 Å². The first-order valence-electron chi connectivity index (χ1n) is 11.1. The molecule has 0 N–H and O–H groups in total. The van der Waals surface area contributed by atoms with Crippen LogP contribution in [-0.2, 0) is 9.53 Å². The fourth-order valence-electron chi connectivity index (χ4n) is 3.15. The van der Waals surface area contributed by atoms with E-state index < -0.39 is 0 Å². The van der Waals surface area contributed by atoms with E-state index in [9.17, 15) is 4.79 Å². The van der Waals surface area contributed by atoms with Crippen LogP contribution in [0.4, 0.5) is 0 Å². The molecule has 2 nitrogen and oxygen atoms in total. The molecule has 0 saturated heterocycles. The van der Waals surface area contributed by atoms with Crippen molar-refractivity contribution < 1.29 is 9.53 Å². The van der Waals surface area contributed by atoms with Gasteiger partial charge in [-0.15, -0.1) is 0 Å². The highest BCUT2D eigenvalue weighted by molar-refractivity contribution is 5.69. The number of carbonyl (C=O) groups is 1. The Morgan fingerprint density at radius 2 is 1.32 bits per heavy atom. The fourth-order valence-corrected chi connectivity index (χ4v) is 3.15. The van der Waals surface area contributed by atoms with Gasteiger partial charge in [-0.3, -0.25) is 4.79 Å². The molecule has 2 heteroatoms. The second-order valence-electron chi connectivity index (χ2n) is 7.81. The van der Waals surface area contributed by atoms with Crippen molar-refractivity contribution >= 4 is 5.97 Å². The van der Waals surface area contributed by atoms with Gasteiger partial charge in [0.2, 0.25) is 0 Å². The Morgan fingerprint density at radius 1 is 0.800 bits per heavy atom. The molecule has 0 amide bonds. The van der Waals surface area contributed by atoms with Gasteiger partial charge < -0.3 is 4.74 Å². The van der Waals surface area contributed by atoms with Crippen LogP contribution in [0.25, 0.3) is 0 Å². The summed E-state index contributed by atoms with van der Waals surface area (Å²) in [7, 11) is 0. The lowest BCUT2D eigenvalue weighted by Gasteiger charge is -2.04. The topological polar surface area (TPSA) is 26.3 Å². The van der Waals surface area contributed by atoms with Gasteiger partial charge >= 0.3 is 5.97 Å². The van der Waals surface area contributed by atoms with Gasteiger partial charge in [-0.2, -0.15) is 0 Å². The Morgan fingerprint density at radius 3 is 1.88 bits per heavy atom. The quantitative estimate of drug-likeness (QED) is 0.146. The highest BCUT2D eigenvalue weighted by atomic mass is 16.5. The van der Waals surface area contributed by atoms with Crippen LogP contribution in [0.1, 0.15) is 116 Å². The molecule has 0 aromatic carbocycles. The molecule has 1 fully saturated rings. The average molecular weight is 351 g/mol. The first kappa shape index (κ1) is 22.3. The Labute approximate surface area is 156 Å². The van der Waals surface area contributed by atoms with Crippen LogP contribution >= 0.6 is 0 Å². The first-order valence-corrected chi connectivity index (χ1v) is 11.1. The highest BCUT2D eigenvalue weighted by Crippen LogP contribution is 2.32. The Hall–Kier alpha value is -0.790. The molecule has 0 radical (unpaired) electrons. The minimum Gasteiger partial charge on any atom is -0.466 e. The zero-order chi connectivity index (χ0) is 18.0. The third-order valence-corrected chi connectivity index (χ3v) is 5.07. The predicted octanol–water partition coefficient (Wildman–Crippen LogP) is 7.37. The smallest absolute Gasteiger partial charge is 0.306 e. The molecule has 1 aliphatic carbocycles. The summed E-state index contributed by atoms with van der Waals surface area (Å²) in [6.07, 6.45) is 26.2. The van der Waals surface area contributed by atoms with Crippen molar-refractivity contribution in [1.29, 1.82) is 0 Å². The number of unbranched alkanes of at least 4 members (excludes halogenated alkanes) is 12. The van der Waals surface area contributed by atoms with Crippen LogP contribution in [-0.4, -0.2) is 12.6 Å². The Bertz CT molecular complexity index is 331. The van der Waals surface area contributed by atoms with Crippen molar-refractivity contribution in [2.75, 3.05) is 6.61 Å². The third kappa shape index (κ3) is 16.4. The zero-order valence-corrected chi connectivity index (χ0v) is 16.8. The van der Waals surface area contributed by atoms with Gasteiger partial charge in [0.05, 0.1) is 6.61 Å². The van der Waals surface area contributed by atoms with Crippen molar-refractivity contribution in [2.45, 2.75) is 116 Å². The molecule has 146 valence electrons. The summed E-state index contributed by atoms with van der Waals surface area (Å²) in [5, 5.41) is 0. The molecule has 0 spiro atoms. The summed E-state index contributed by atoms with van der Waals surface area (Å²) in [5.74, 6) is 0.669. The molecule has 0 unspecified atom stereocenters. The maximum Gasteiger partial charge on any atom is 0.306 e. The SMILES string of the molecule is CCCCCCCCC=CCCCCCCCCOC(=O)CC1CC1. The van der Waals surface area contributed by atoms with Crippen LogP contribution in [0.3, 0.4) is 0 Å². The number of rotatable bonds is 18. The van der Waals surface area contributed by atoms with E-state index in [1.165, 1.54) is 96.3 Å². The van der Waals surface area contributed by atoms with Crippen molar-refractivity contribution in [1.82, 2.24) is 0 Å². The fraction of sp³-hybridized carbons (Fsp3) is 0.870. The van der Waals surface area contributed by atoms with Crippen molar-refractivity contribution in [3.05, 3.63) is 12.2 Å². The van der Waals surface area contributed by atoms with Gasteiger partial charge in [0, 0.05) is 6.42 Å². The van der Waals surface area contributed by atoms with Crippen molar-refractivity contribution in [3.63, 3.8) is 0 Å². The molecule has 0 heterocycles. The van der Waals surface area contributed by atoms with Gasteiger partial charge in [0.25, 0.3) is 0 Å². The summed E-state index contributed by atoms with van der Waals surface area (Å²) in [6.45, 7) is 2.91. The molecule has 0 bridgehead atoms. The summed E-state index contributed by atoms with van der Waals surface area (Å²) < 4.78 is 5.26. The Balaban J connectivity index is 1.69. The van der Waals surface area contributed by atoms with Gasteiger partial charge in [0.15, 0.2) is 0 Å². The highest BCUT2D eigenvalue weighted by Gasteiger charge is 2.24. The van der Waals surface area contributed by atoms with Gasteiger partial charge in [-0.25, -0.2) is 0 Å². The number of allylic oxidation sites excluding steroid dienone is 2. The summed E-state index contributed by atoms with van der Waals surface area (Å²) in [6, 6.07) is 0. The molecule has 0 atom stereocenters. The lowest BCUT2D eigenvalue weighted by Crippen LogP contribution is -2.06. The van der Waals surface area contributed by atoms with Crippen LogP contribution in [0.5, 0.6) is 0 Å². The van der Waals surface area contributed by atoms with Crippen molar-refractivity contribution in [3.8, 4) is 0 Å². The van der Waals surface area contributed by atoms with E-state index in [4.69, 9.17) is 4.74 Å². The van der Waals surface area contributed by atoms with E-state index in [1.54, 1.807) is 0 Å². The maximum absolute atomic E-state index is 11.4. The standard InChI is InChI=1S/C23H42O2/c1-2-3-4-5-6-7-8-9-10-11-12-13-14-15-16-17-20-25-23(24)21-22-18-19-22/h9-10,22H,2-8,11-21H2,1H3. The second-order valence-corrected chi connectivity index (χ2v) is 7.81. The van der Waals surface area contributed by atoms with Crippen LogP contribution in [0.15, 0.2) is 12.2 Å². The molecular formula is C23H42O2. The van der Waals surface area contributed by atoms with E-state index >= 15 is 0 Å². The molecule has 1 rings (SSSR count). The first-order chi connectivity index (χ1) is 12.3. The summed E-state index contributed by atoms with van der Waals surface area (Å²) in [4.78, 5) is 11.4. The largest absolute Gasteiger partial charge is 0.466 e. The maximum atomic E-state index is 11.4. The Kier molecular flexibility index (Phi) is 14.8. The van der Waals surface area contributed by atoms with Gasteiger partial charge in [-0.1, -0.05) is 76.9 Å².